The summed E-state index contributed by atoms with van der Waals surface area (Å²) >= 11 is 3.30. The number of aromatic carboxylic acids is 1. The molecule has 0 atom stereocenters. The summed E-state index contributed by atoms with van der Waals surface area (Å²) in [5.41, 5.74) is 0.731. The van der Waals surface area contributed by atoms with Gasteiger partial charge in [-0.05, 0) is 40.2 Å². The van der Waals surface area contributed by atoms with E-state index < -0.39 is 5.97 Å². The van der Waals surface area contributed by atoms with Gasteiger partial charge in [-0.2, -0.15) is 0 Å². The number of aromatic nitrogens is 1. The molecule has 0 radical (unpaired) electrons. The minimum Gasteiger partial charge on any atom is -0.496 e. The Morgan fingerprint density at radius 3 is 2.53 bits per heavy atom. The van der Waals surface area contributed by atoms with E-state index in [1.54, 1.807) is 18.2 Å². The molecule has 1 heterocycles. The lowest BCUT2D eigenvalue weighted by molar-refractivity contribution is 0.0691. The quantitative estimate of drug-likeness (QED) is 0.848. The first-order valence-corrected chi connectivity index (χ1v) is 6.12. The van der Waals surface area contributed by atoms with E-state index in [1.807, 2.05) is 0 Å². The van der Waals surface area contributed by atoms with Crippen LogP contribution in [0.1, 0.15) is 26.4 Å². The van der Waals surface area contributed by atoms with Crippen molar-refractivity contribution in [2.45, 2.75) is 0 Å². The van der Waals surface area contributed by atoms with E-state index >= 15 is 0 Å². The highest BCUT2D eigenvalue weighted by atomic mass is 79.9. The molecule has 0 unspecified atom stereocenters. The van der Waals surface area contributed by atoms with E-state index in [9.17, 15) is 9.59 Å². The van der Waals surface area contributed by atoms with Gasteiger partial charge in [-0.15, -0.1) is 0 Å². The van der Waals surface area contributed by atoms with Crippen LogP contribution in [0.3, 0.4) is 0 Å². The fourth-order valence-corrected chi connectivity index (χ4v) is 2.16. The first-order chi connectivity index (χ1) is 9.02. The number of carboxylic acids is 1. The average Bonchev–Trinajstić information content (AvgIpc) is 2.87. The number of carbonyl (C=O) groups excluding carboxylic acids is 1. The number of H-pyrrole nitrogens is 1. The molecule has 0 aliphatic carbocycles. The van der Waals surface area contributed by atoms with Crippen LogP contribution in [0.15, 0.2) is 34.9 Å². The van der Waals surface area contributed by atoms with Crippen LogP contribution in [0.5, 0.6) is 5.75 Å². The summed E-state index contributed by atoms with van der Waals surface area (Å²) in [6, 6.07) is 6.23. The van der Waals surface area contributed by atoms with Crippen LogP contribution in [0, 0.1) is 0 Å². The van der Waals surface area contributed by atoms with Gasteiger partial charge in [0.15, 0.2) is 5.78 Å². The fraction of sp³-hybridized carbons (Fsp3) is 0.0769. The predicted molar refractivity (Wildman–Crippen MR) is 71.9 cm³/mol. The SMILES string of the molecule is COc1ccc(C(=O)c2c[nH]c(C(=O)O)c2)cc1Br. The zero-order valence-corrected chi connectivity index (χ0v) is 11.5. The number of carboxylic acid groups (broad SMARTS) is 1. The van der Waals surface area contributed by atoms with Crippen molar-refractivity contribution in [3.63, 3.8) is 0 Å². The maximum Gasteiger partial charge on any atom is 0.352 e. The molecule has 5 nitrogen and oxygen atoms in total. The van der Waals surface area contributed by atoms with E-state index in [-0.39, 0.29) is 11.5 Å². The molecule has 0 bridgehead atoms. The fourth-order valence-electron chi connectivity index (χ4n) is 1.62. The largest absolute Gasteiger partial charge is 0.496 e. The number of carbonyl (C=O) groups is 2. The van der Waals surface area contributed by atoms with Gasteiger partial charge in [-0.25, -0.2) is 4.79 Å². The van der Waals surface area contributed by atoms with Crippen molar-refractivity contribution >= 4 is 27.7 Å². The number of hydrogen-bond acceptors (Lipinski definition) is 3. The number of halogens is 1. The van der Waals surface area contributed by atoms with Crippen LogP contribution >= 0.6 is 15.9 Å². The van der Waals surface area contributed by atoms with Crippen molar-refractivity contribution < 1.29 is 19.4 Å². The van der Waals surface area contributed by atoms with Crippen LogP contribution < -0.4 is 4.74 Å². The van der Waals surface area contributed by atoms with E-state index in [1.165, 1.54) is 19.4 Å². The Bertz CT molecular complexity index is 648. The molecular weight excluding hydrogens is 314 g/mol. The van der Waals surface area contributed by atoms with E-state index in [4.69, 9.17) is 9.84 Å². The molecule has 0 amide bonds. The Morgan fingerprint density at radius 1 is 1.26 bits per heavy atom. The molecule has 6 heteroatoms. The zero-order valence-electron chi connectivity index (χ0n) is 9.94. The summed E-state index contributed by atoms with van der Waals surface area (Å²) in [4.78, 5) is 25.4. The van der Waals surface area contributed by atoms with Gasteiger partial charge < -0.3 is 14.8 Å². The van der Waals surface area contributed by atoms with Gasteiger partial charge in [0, 0.05) is 17.3 Å². The predicted octanol–water partition coefficient (Wildman–Crippen LogP) is 2.71. The Morgan fingerprint density at radius 2 is 2.00 bits per heavy atom. The Balaban J connectivity index is 2.33. The number of ether oxygens (including phenoxy) is 1. The average molecular weight is 324 g/mol. The smallest absolute Gasteiger partial charge is 0.352 e. The standard InChI is InChI=1S/C13H10BrNO4/c1-19-11-3-2-7(4-9(11)14)12(16)8-5-10(13(17)18)15-6-8/h2-6,15H,1H3,(H,17,18). The maximum atomic E-state index is 12.2. The van der Waals surface area contributed by atoms with Crippen molar-refractivity contribution in [3.05, 3.63) is 51.8 Å². The lowest BCUT2D eigenvalue weighted by Crippen LogP contribution is -2.00. The number of hydrogen-bond donors (Lipinski definition) is 2. The van der Waals surface area contributed by atoms with E-state index in [0.717, 1.165) is 0 Å². The van der Waals surface area contributed by atoms with Gasteiger partial charge in [0.2, 0.25) is 0 Å². The number of methoxy groups -OCH3 is 1. The van der Waals surface area contributed by atoms with Gasteiger partial charge in [0.1, 0.15) is 11.4 Å². The number of ketones is 1. The number of benzene rings is 1. The molecule has 19 heavy (non-hydrogen) atoms. The zero-order chi connectivity index (χ0) is 14.0. The molecule has 2 aromatic rings. The van der Waals surface area contributed by atoms with Crippen LogP contribution in [-0.2, 0) is 0 Å². The third-order valence-corrected chi connectivity index (χ3v) is 3.21. The minimum atomic E-state index is -1.10. The minimum absolute atomic E-state index is 0.0177. The van der Waals surface area contributed by atoms with E-state index in [2.05, 4.69) is 20.9 Å². The highest BCUT2D eigenvalue weighted by molar-refractivity contribution is 9.10. The molecule has 0 fully saturated rings. The van der Waals surface area contributed by atoms with Crippen molar-refractivity contribution in [2.24, 2.45) is 0 Å². The molecule has 0 saturated carbocycles. The van der Waals surface area contributed by atoms with Crippen molar-refractivity contribution in [2.75, 3.05) is 7.11 Å². The van der Waals surface area contributed by atoms with Crippen LogP contribution in [0.2, 0.25) is 0 Å². The molecule has 1 aromatic heterocycles. The van der Waals surface area contributed by atoms with Crippen LogP contribution in [0.25, 0.3) is 0 Å². The Hall–Kier alpha value is -2.08. The molecule has 0 aliphatic rings. The monoisotopic (exact) mass is 323 g/mol. The lowest BCUT2D eigenvalue weighted by atomic mass is 10.1. The van der Waals surface area contributed by atoms with Gasteiger partial charge in [-0.3, -0.25) is 4.79 Å². The van der Waals surface area contributed by atoms with Gasteiger partial charge in [0.25, 0.3) is 0 Å². The normalized spacial score (nSPS) is 10.2. The van der Waals surface area contributed by atoms with Gasteiger partial charge >= 0.3 is 5.97 Å². The Kier molecular flexibility index (Phi) is 3.71. The van der Waals surface area contributed by atoms with Gasteiger partial charge in [-0.1, -0.05) is 0 Å². The second-order valence-electron chi connectivity index (χ2n) is 3.79. The summed E-state index contributed by atoms with van der Waals surface area (Å²) in [6.07, 6.45) is 1.38. The molecule has 0 aliphatic heterocycles. The van der Waals surface area contributed by atoms with Crippen LogP contribution in [-0.4, -0.2) is 29.0 Å². The van der Waals surface area contributed by atoms with E-state index in [0.29, 0.717) is 21.3 Å². The second kappa shape index (κ2) is 5.27. The van der Waals surface area contributed by atoms with Gasteiger partial charge in [0.05, 0.1) is 11.6 Å². The molecule has 1 aromatic carbocycles. The third kappa shape index (κ3) is 2.68. The third-order valence-electron chi connectivity index (χ3n) is 2.59. The van der Waals surface area contributed by atoms with Crippen molar-refractivity contribution in [1.29, 1.82) is 0 Å². The molecule has 2 N–H and O–H groups in total. The number of rotatable bonds is 4. The second-order valence-corrected chi connectivity index (χ2v) is 4.64. The maximum absolute atomic E-state index is 12.2. The number of aromatic amines is 1. The van der Waals surface area contributed by atoms with Crippen molar-refractivity contribution in [3.8, 4) is 5.75 Å². The molecule has 0 spiro atoms. The topological polar surface area (TPSA) is 79.4 Å². The molecule has 98 valence electrons. The first-order valence-electron chi connectivity index (χ1n) is 5.33. The highest BCUT2D eigenvalue weighted by Gasteiger charge is 2.15. The number of nitrogens with one attached hydrogen (secondary N) is 1. The summed E-state index contributed by atoms with van der Waals surface area (Å²) in [5, 5.41) is 8.80. The van der Waals surface area contributed by atoms with Crippen LogP contribution in [0.4, 0.5) is 0 Å². The van der Waals surface area contributed by atoms with Crippen molar-refractivity contribution in [1.82, 2.24) is 4.98 Å². The summed E-state index contributed by atoms with van der Waals surface area (Å²) in [7, 11) is 1.53. The highest BCUT2D eigenvalue weighted by Crippen LogP contribution is 2.26. The Labute approximate surface area is 117 Å². The molecule has 2 rings (SSSR count). The summed E-state index contributed by atoms with van der Waals surface area (Å²) in [5.74, 6) is -0.737. The summed E-state index contributed by atoms with van der Waals surface area (Å²) < 4.78 is 5.74. The first kappa shape index (κ1) is 13.4. The lowest BCUT2D eigenvalue weighted by Gasteiger charge is -2.04. The summed E-state index contributed by atoms with van der Waals surface area (Å²) in [6.45, 7) is 0. The molecular formula is C13H10BrNO4. The molecule has 0 saturated heterocycles.